The highest BCUT2D eigenvalue weighted by molar-refractivity contribution is 6.31. The Morgan fingerprint density at radius 2 is 1.62 bits per heavy atom. The minimum absolute atomic E-state index is 0.398. The Morgan fingerprint density at radius 3 is 2.35 bits per heavy atom. The monoisotopic (exact) mass is 570 g/mol. The average Bonchev–Trinajstić information content (AvgIpc) is 3.51. The van der Waals surface area contributed by atoms with Crippen molar-refractivity contribution in [3.05, 3.63) is 117 Å². The number of hydrogen-bond donors (Lipinski definition) is 3. The first-order valence-corrected chi connectivity index (χ1v) is 15.0. The van der Waals surface area contributed by atoms with Crippen LogP contribution in [0.5, 0.6) is 0 Å². The molecule has 0 saturated heterocycles. The number of nitrogens with one attached hydrogen (secondary N) is 3. The highest BCUT2D eigenvalue weighted by atomic mass is 35.5. The molecule has 1 aliphatic carbocycles. The fourth-order valence-electron chi connectivity index (χ4n) is 6.35. The first kappa shape index (κ1) is 27.0. The molecule has 3 aromatic carbocycles. The van der Waals surface area contributed by atoms with E-state index in [1.165, 1.54) is 62.7 Å². The lowest BCUT2D eigenvalue weighted by atomic mass is 9.85. The Balaban J connectivity index is 0.000000145. The summed E-state index contributed by atoms with van der Waals surface area (Å²) in [5, 5.41) is 7.54. The number of nitrogens with zero attached hydrogens (tertiary/aromatic N) is 1. The van der Waals surface area contributed by atoms with Gasteiger partial charge in [-0.15, -0.1) is 0 Å². The van der Waals surface area contributed by atoms with Crippen LogP contribution in [-0.4, -0.2) is 28.0 Å². The van der Waals surface area contributed by atoms with Crippen LogP contribution in [0.2, 0.25) is 10.0 Å². The smallest absolute Gasteiger partial charge is 0.0460 e. The van der Waals surface area contributed by atoms with Gasteiger partial charge in [-0.1, -0.05) is 60.1 Å². The minimum atomic E-state index is 0.398. The van der Waals surface area contributed by atoms with Crippen LogP contribution < -0.4 is 5.32 Å². The lowest BCUT2D eigenvalue weighted by Gasteiger charge is -2.27. The van der Waals surface area contributed by atoms with E-state index < -0.39 is 0 Å². The number of hydrogen-bond acceptors (Lipinski definition) is 2. The van der Waals surface area contributed by atoms with Crippen LogP contribution in [0, 0.1) is 0 Å². The molecule has 6 heteroatoms. The van der Waals surface area contributed by atoms with Crippen molar-refractivity contribution < 1.29 is 0 Å². The molecule has 0 saturated carbocycles. The van der Waals surface area contributed by atoms with E-state index in [1.54, 1.807) is 0 Å². The molecule has 5 aromatic rings. The molecule has 40 heavy (non-hydrogen) atoms. The number of fused-ring (bicyclic) bond motifs is 6. The largest absolute Gasteiger partial charge is 0.389 e. The maximum absolute atomic E-state index is 6.16. The molecule has 3 heterocycles. The van der Waals surface area contributed by atoms with Crippen molar-refractivity contribution in [2.45, 2.75) is 51.6 Å². The predicted molar refractivity (Wildman–Crippen MR) is 169 cm³/mol. The number of aromatic amines is 2. The second-order valence-electron chi connectivity index (χ2n) is 10.9. The highest BCUT2D eigenvalue weighted by Gasteiger charge is 2.26. The van der Waals surface area contributed by atoms with Gasteiger partial charge in [0, 0.05) is 87.5 Å². The number of H-pyrrole nitrogens is 2. The number of halogens is 2. The van der Waals surface area contributed by atoms with Gasteiger partial charge in [0.25, 0.3) is 0 Å². The molecule has 0 radical (unpaired) electrons. The molecule has 1 aliphatic heterocycles. The quantitative estimate of drug-likeness (QED) is 0.198. The van der Waals surface area contributed by atoms with Crippen LogP contribution >= 0.6 is 23.2 Å². The molecule has 206 valence electrons. The van der Waals surface area contributed by atoms with Gasteiger partial charge in [0.1, 0.15) is 0 Å². The lowest BCUT2D eigenvalue weighted by Crippen LogP contribution is -2.29. The normalized spacial score (nSPS) is 16.7. The zero-order chi connectivity index (χ0) is 27.6. The van der Waals surface area contributed by atoms with Crippen molar-refractivity contribution in [1.82, 2.24) is 20.2 Å². The van der Waals surface area contributed by atoms with E-state index in [4.69, 9.17) is 23.2 Å². The van der Waals surface area contributed by atoms with Crippen molar-refractivity contribution in [3.8, 4) is 0 Å². The minimum Gasteiger partial charge on any atom is -0.389 e. The summed E-state index contributed by atoms with van der Waals surface area (Å²) in [6, 6.07) is 22.9. The van der Waals surface area contributed by atoms with E-state index in [0.29, 0.717) is 5.92 Å². The second-order valence-corrected chi connectivity index (χ2v) is 11.8. The number of allylic oxidation sites excluding steroid dienone is 1. The predicted octanol–water partition coefficient (Wildman–Crippen LogP) is 8.74. The summed E-state index contributed by atoms with van der Waals surface area (Å²) in [5.74, 6) is 0.398. The maximum Gasteiger partial charge on any atom is 0.0460 e. The lowest BCUT2D eigenvalue weighted by molar-refractivity contribution is 0.245. The molecular weight excluding hydrogens is 535 g/mol. The van der Waals surface area contributed by atoms with E-state index >= 15 is 0 Å². The molecule has 0 spiro atoms. The van der Waals surface area contributed by atoms with Crippen molar-refractivity contribution in [1.29, 1.82) is 0 Å². The molecule has 0 fully saturated rings. The third-order valence-electron chi connectivity index (χ3n) is 8.26. The molecule has 0 bridgehead atoms. The van der Waals surface area contributed by atoms with Crippen LogP contribution in [0.1, 0.15) is 53.8 Å². The molecule has 1 unspecified atom stereocenters. The summed E-state index contributed by atoms with van der Waals surface area (Å²) in [7, 11) is 0. The molecule has 2 aromatic heterocycles. The van der Waals surface area contributed by atoms with Crippen LogP contribution in [-0.2, 0) is 25.9 Å². The van der Waals surface area contributed by atoms with E-state index in [-0.39, 0.29) is 0 Å². The van der Waals surface area contributed by atoms with Gasteiger partial charge in [-0.05, 0) is 79.3 Å². The van der Waals surface area contributed by atoms with E-state index in [9.17, 15) is 0 Å². The number of rotatable bonds is 5. The topological polar surface area (TPSA) is 46.9 Å². The number of aryl methyl sites for hydroxylation is 1. The highest BCUT2D eigenvalue weighted by Crippen LogP contribution is 2.39. The Kier molecular flexibility index (Phi) is 7.93. The standard InChI is InChI=1S/C18H17ClN2.C16H19ClN2/c19-14-6-7-17-15(10-14)16-12-21(9-8-18(16)20-17)11-13-4-2-1-3-5-13;1-3-18-10(2)12-5-4-6-13-14-9-11(17)7-8-15(14)19-16(12)13/h1-7,10,20H,8-9,11-12H2;7-9,12,18-19H,2-6H2,1H3. The van der Waals surface area contributed by atoms with Gasteiger partial charge in [-0.25, -0.2) is 0 Å². The van der Waals surface area contributed by atoms with Crippen molar-refractivity contribution in [2.75, 3.05) is 13.1 Å². The Labute approximate surface area is 246 Å². The zero-order valence-electron chi connectivity index (χ0n) is 23.0. The first-order chi connectivity index (χ1) is 19.5. The van der Waals surface area contributed by atoms with Gasteiger partial charge in [-0.2, -0.15) is 0 Å². The molecule has 4 nitrogen and oxygen atoms in total. The Morgan fingerprint density at radius 1 is 0.925 bits per heavy atom. The summed E-state index contributed by atoms with van der Waals surface area (Å²) < 4.78 is 0. The van der Waals surface area contributed by atoms with Crippen molar-refractivity contribution >= 4 is 45.0 Å². The second kappa shape index (κ2) is 11.7. The van der Waals surface area contributed by atoms with Crippen molar-refractivity contribution in [3.63, 3.8) is 0 Å². The molecule has 1 atom stereocenters. The number of aromatic nitrogens is 2. The molecule has 2 aliphatic rings. The van der Waals surface area contributed by atoms with Gasteiger partial charge in [0.15, 0.2) is 0 Å². The van der Waals surface area contributed by atoms with Gasteiger partial charge in [0.2, 0.25) is 0 Å². The fraction of sp³-hybridized carbons (Fsp3) is 0.294. The molecular formula is C34H36Cl2N4. The van der Waals surface area contributed by atoms with Crippen LogP contribution in [0.4, 0.5) is 0 Å². The zero-order valence-corrected chi connectivity index (χ0v) is 24.5. The Hall–Kier alpha value is -3.18. The van der Waals surface area contributed by atoms with Crippen molar-refractivity contribution in [2.24, 2.45) is 0 Å². The van der Waals surface area contributed by atoms with Gasteiger partial charge in [0.05, 0.1) is 0 Å². The number of benzene rings is 3. The van der Waals surface area contributed by atoms with Gasteiger partial charge >= 0.3 is 0 Å². The van der Waals surface area contributed by atoms with Gasteiger partial charge < -0.3 is 15.3 Å². The maximum atomic E-state index is 6.16. The van der Waals surface area contributed by atoms with Crippen LogP contribution in [0.15, 0.2) is 79.0 Å². The van der Waals surface area contributed by atoms with E-state index in [2.05, 4.69) is 88.3 Å². The molecule has 7 rings (SSSR count). The third-order valence-corrected chi connectivity index (χ3v) is 8.73. The average molecular weight is 572 g/mol. The fourth-order valence-corrected chi connectivity index (χ4v) is 6.70. The first-order valence-electron chi connectivity index (χ1n) is 14.3. The molecule has 0 amide bonds. The van der Waals surface area contributed by atoms with Crippen LogP contribution in [0.25, 0.3) is 21.8 Å². The van der Waals surface area contributed by atoms with Gasteiger partial charge in [-0.3, -0.25) is 4.90 Å². The van der Waals surface area contributed by atoms with Crippen LogP contribution in [0.3, 0.4) is 0 Å². The summed E-state index contributed by atoms with van der Waals surface area (Å²) in [4.78, 5) is 9.62. The number of likely N-dealkylation sites (N-methyl/N-ethyl adjacent to an activating group) is 1. The van der Waals surface area contributed by atoms with E-state index in [1.807, 2.05) is 12.1 Å². The third kappa shape index (κ3) is 5.54. The summed E-state index contributed by atoms with van der Waals surface area (Å²) in [5.41, 5.74) is 10.4. The SMILES string of the molecule is C=C(NCC)C1CCCc2c1[nH]c1ccc(Cl)cc21.Clc1ccc2[nH]c3c(c2c1)CN(Cc1ccccc1)CC3. The molecule has 3 N–H and O–H groups in total. The Bertz CT molecular complexity index is 1650. The summed E-state index contributed by atoms with van der Waals surface area (Å²) >= 11 is 12.3. The summed E-state index contributed by atoms with van der Waals surface area (Å²) in [6.45, 7) is 10.3. The summed E-state index contributed by atoms with van der Waals surface area (Å²) in [6.07, 6.45) is 4.58. The van der Waals surface area contributed by atoms with E-state index in [0.717, 1.165) is 54.8 Å².